The molecule has 0 fully saturated rings. The van der Waals surface area contributed by atoms with Gasteiger partial charge in [0.1, 0.15) is 28.5 Å². The van der Waals surface area contributed by atoms with Gasteiger partial charge in [-0.3, -0.25) is 0 Å². The first kappa shape index (κ1) is 12.5. The van der Waals surface area contributed by atoms with Crippen LogP contribution in [0.25, 0.3) is 5.69 Å². The number of ether oxygens (including phenoxy) is 1. The summed E-state index contributed by atoms with van der Waals surface area (Å²) in [6.07, 6.45) is 1.48. The zero-order chi connectivity index (χ0) is 13.3. The molecular weight excluding hydrogens is 237 g/mol. The van der Waals surface area contributed by atoms with E-state index in [2.05, 4.69) is 10.3 Å². The molecule has 0 unspecified atom stereocenters. The van der Waals surface area contributed by atoms with Gasteiger partial charge in [-0.25, -0.2) is 9.07 Å². The third-order valence-corrected chi connectivity index (χ3v) is 2.52. The maximum atomic E-state index is 13.7. The highest BCUT2D eigenvalue weighted by Crippen LogP contribution is 2.22. The van der Waals surface area contributed by atoms with Crippen LogP contribution in [0.2, 0.25) is 0 Å². The molecule has 0 saturated heterocycles. The van der Waals surface area contributed by atoms with Gasteiger partial charge in [0.2, 0.25) is 0 Å². The molecule has 0 aliphatic rings. The fourth-order valence-electron chi connectivity index (χ4n) is 1.46. The van der Waals surface area contributed by atoms with Crippen molar-refractivity contribution in [1.82, 2.24) is 15.0 Å². The SMILES string of the molecule is COc1ccc(F)c(-n2cc(C(C)(C)O)nn2)c1. The quantitative estimate of drug-likeness (QED) is 0.901. The van der Waals surface area contributed by atoms with Gasteiger partial charge in [0.25, 0.3) is 0 Å². The van der Waals surface area contributed by atoms with Crippen LogP contribution in [0.4, 0.5) is 4.39 Å². The van der Waals surface area contributed by atoms with Gasteiger partial charge in [0, 0.05) is 6.07 Å². The van der Waals surface area contributed by atoms with Crippen LogP contribution in [0.15, 0.2) is 24.4 Å². The summed E-state index contributed by atoms with van der Waals surface area (Å²) < 4.78 is 20.0. The zero-order valence-corrected chi connectivity index (χ0v) is 10.4. The molecular formula is C12H14FN3O2. The molecule has 0 saturated carbocycles. The number of aromatic nitrogens is 3. The summed E-state index contributed by atoms with van der Waals surface area (Å²) in [6, 6.07) is 4.32. The van der Waals surface area contributed by atoms with Crippen molar-refractivity contribution in [2.24, 2.45) is 0 Å². The Bertz CT molecular complexity index is 561. The Kier molecular flexibility index (Phi) is 3.04. The zero-order valence-electron chi connectivity index (χ0n) is 10.4. The van der Waals surface area contributed by atoms with E-state index in [0.29, 0.717) is 11.4 Å². The molecule has 0 radical (unpaired) electrons. The number of hydrogen-bond donors (Lipinski definition) is 1. The van der Waals surface area contributed by atoms with Crippen LogP contribution in [0.3, 0.4) is 0 Å². The number of hydrogen-bond acceptors (Lipinski definition) is 4. The smallest absolute Gasteiger partial charge is 0.149 e. The Hall–Kier alpha value is -1.95. The molecule has 5 nitrogen and oxygen atoms in total. The lowest BCUT2D eigenvalue weighted by molar-refractivity contribution is 0.0737. The molecule has 1 N–H and O–H groups in total. The Morgan fingerprint density at radius 3 is 2.67 bits per heavy atom. The van der Waals surface area contributed by atoms with Crippen molar-refractivity contribution >= 4 is 0 Å². The fraction of sp³-hybridized carbons (Fsp3) is 0.333. The molecule has 0 bridgehead atoms. The number of aliphatic hydroxyl groups is 1. The summed E-state index contributed by atoms with van der Waals surface area (Å²) in [5, 5.41) is 17.4. The summed E-state index contributed by atoms with van der Waals surface area (Å²) in [7, 11) is 1.50. The molecule has 96 valence electrons. The fourth-order valence-corrected chi connectivity index (χ4v) is 1.46. The highest BCUT2D eigenvalue weighted by Gasteiger charge is 2.21. The Morgan fingerprint density at radius 2 is 2.11 bits per heavy atom. The van der Waals surface area contributed by atoms with Gasteiger partial charge < -0.3 is 9.84 Å². The van der Waals surface area contributed by atoms with Gasteiger partial charge in [-0.05, 0) is 26.0 Å². The van der Waals surface area contributed by atoms with E-state index in [1.165, 1.54) is 36.2 Å². The Morgan fingerprint density at radius 1 is 1.39 bits per heavy atom. The Labute approximate surface area is 104 Å². The molecule has 0 amide bonds. The molecule has 6 heteroatoms. The van der Waals surface area contributed by atoms with Gasteiger partial charge in [0.15, 0.2) is 0 Å². The third-order valence-electron chi connectivity index (χ3n) is 2.52. The van der Waals surface area contributed by atoms with Gasteiger partial charge in [-0.15, -0.1) is 5.10 Å². The van der Waals surface area contributed by atoms with Crippen molar-refractivity contribution in [1.29, 1.82) is 0 Å². The summed E-state index contributed by atoms with van der Waals surface area (Å²) in [5.74, 6) is 0.0784. The largest absolute Gasteiger partial charge is 0.497 e. The van der Waals surface area contributed by atoms with Crippen molar-refractivity contribution in [2.45, 2.75) is 19.4 Å². The lowest BCUT2D eigenvalue weighted by Gasteiger charge is -2.11. The second-order valence-corrected chi connectivity index (χ2v) is 4.42. The highest BCUT2D eigenvalue weighted by atomic mass is 19.1. The normalized spacial score (nSPS) is 11.6. The predicted molar refractivity (Wildman–Crippen MR) is 63.1 cm³/mol. The maximum absolute atomic E-state index is 13.7. The monoisotopic (exact) mass is 251 g/mol. The molecule has 1 aromatic carbocycles. The van der Waals surface area contributed by atoms with Crippen LogP contribution in [0.1, 0.15) is 19.5 Å². The number of benzene rings is 1. The molecule has 2 aromatic rings. The van der Waals surface area contributed by atoms with Crippen molar-refractivity contribution < 1.29 is 14.2 Å². The average molecular weight is 251 g/mol. The second kappa shape index (κ2) is 4.38. The van der Waals surface area contributed by atoms with Crippen LogP contribution in [-0.2, 0) is 5.60 Å². The van der Waals surface area contributed by atoms with E-state index in [1.54, 1.807) is 13.8 Å². The summed E-state index contributed by atoms with van der Waals surface area (Å²) in [6.45, 7) is 3.17. The van der Waals surface area contributed by atoms with Crippen LogP contribution < -0.4 is 4.74 Å². The average Bonchev–Trinajstić information content (AvgIpc) is 2.78. The lowest BCUT2D eigenvalue weighted by atomic mass is 10.1. The molecule has 0 aliphatic heterocycles. The van der Waals surface area contributed by atoms with E-state index in [4.69, 9.17) is 4.74 Å². The van der Waals surface area contributed by atoms with E-state index >= 15 is 0 Å². The minimum Gasteiger partial charge on any atom is -0.497 e. The predicted octanol–water partition coefficient (Wildman–Crippen LogP) is 1.64. The molecule has 18 heavy (non-hydrogen) atoms. The number of rotatable bonds is 3. The van der Waals surface area contributed by atoms with E-state index in [1.807, 2.05) is 0 Å². The number of methoxy groups -OCH3 is 1. The van der Waals surface area contributed by atoms with E-state index in [9.17, 15) is 9.50 Å². The van der Waals surface area contributed by atoms with Crippen molar-refractivity contribution in [3.05, 3.63) is 35.9 Å². The molecule has 0 atom stereocenters. The van der Waals surface area contributed by atoms with Gasteiger partial charge in [0.05, 0.1) is 13.3 Å². The van der Waals surface area contributed by atoms with E-state index in [0.717, 1.165) is 0 Å². The highest BCUT2D eigenvalue weighted by molar-refractivity contribution is 5.40. The Balaban J connectivity index is 2.45. The first-order chi connectivity index (χ1) is 8.41. The number of nitrogens with zero attached hydrogens (tertiary/aromatic N) is 3. The summed E-state index contributed by atoms with van der Waals surface area (Å²) >= 11 is 0. The molecule has 0 spiro atoms. The molecule has 1 aromatic heterocycles. The second-order valence-electron chi connectivity index (χ2n) is 4.42. The topological polar surface area (TPSA) is 60.2 Å². The third kappa shape index (κ3) is 2.33. The molecule has 2 rings (SSSR count). The first-order valence-corrected chi connectivity index (χ1v) is 5.41. The minimum absolute atomic E-state index is 0.220. The maximum Gasteiger partial charge on any atom is 0.149 e. The van der Waals surface area contributed by atoms with E-state index in [-0.39, 0.29) is 5.69 Å². The lowest BCUT2D eigenvalue weighted by Crippen LogP contribution is -2.15. The van der Waals surface area contributed by atoms with Gasteiger partial charge >= 0.3 is 0 Å². The van der Waals surface area contributed by atoms with Crippen molar-refractivity contribution in [2.75, 3.05) is 7.11 Å². The van der Waals surface area contributed by atoms with Crippen LogP contribution in [0.5, 0.6) is 5.75 Å². The van der Waals surface area contributed by atoms with E-state index < -0.39 is 11.4 Å². The summed E-state index contributed by atoms with van der Waals surface area (Å²) in [4.78, 5) is 0. The van der Waals surface area contributed by atoms with Crippen LogP contribution in [0, 0.1) is 5.82 Å². The van der Waals surface area contributed by atoms with Gasteiger partial charge in [-0.2, -0.15) is 0 Å². The number of halogens is 1. The summed E-state index contributed by atoms with van der Waals surface area (Å²) in [5.41, 5.74) is -0.532. The minimum atomic E-state index is -1.12. The molecule has 1 heterocycles. The van der Waals surface area contributed by atoms with Crippen LogP contribution in [-0.4, -0.2) is 27.2 Å². The first-order valence-electron chi connectivity index (χ1n) is 5.41. The van der Waals surface area contributed by atoms with Crippen molar-refractivity contribution in [3.63, 3.8) is 0 Å². The van der Waals surface area contributed by atoms with Gasteiger partial charge in [-0.1, -0.05) is 5.21 Å². The standard InChI is InChI=1S/C12H14FN3O2/c1-12(2,17)11-7-16(15-14-11)10-6-8(18-3)4-5-9(10)13/h4-7,17H,1-3H3. The van der Waals surface area contributed by atoms with Crippen LogP contribution >= 0.6 is 0 Å². The van der Waals surface area contributed by atoms with Crippen molar-refractivity contribution in [3.8, 4) is 11.4 Å². The molecule has 0 aliphatic carbocycles.